The van der Waals surface area contributed by atoms with E-state index in [4.69, 9.17) is 9.47 Å². The van der Waals surface area contributed by atoms with Gasteiger partial charge in [-0.2, -0.15) is 0 Å². The summed E-state index contributed by atoms with van der Waals surface area (Å²) in [5.74, 6) is -0.628. The molecule has 1 fully saturated rings. The maximum atomic E-state index is 13.2. The molecule has 468 valence electrons. The maximum absolute atomic E-state index is 13.2. The summed E-state index contributed by atoms with van der Waals surface area (Å²) in [4.78, 5) is 13.2. The minimum atomic E-state index is -1.62. The summed E-state index contributed by atoms with van der Waals surface area (Å²) in [6.45, 7) is 3.62. The minimum absolute atomic E-state index is 0.300. The predicted molar refractivity (Wildman–Crippen MR) is 338 cm³/mol. The van der Waals surface area contributed by atoms with Crippen molar-refractivity contribution in [3.05, 3.63) is 60.8 Å². The molecule has 10 heteroatoms. The molecule has 0 saturated carbocycles. The molecule has 0 aliphatic carbocycles. The Kier molecular flexibility index (Phi) is 55.6. The Morgan fingerprint density at radius 1 is 0.438 bits per heavy atom. The predicted octanol–water partition coefficient (Wildman–Crippen LogP) is 17.2. The van der Waals surface area contributed by atoms with Crippen LogP contribution >= 0.6 is 0 Å². The Hall–Kier alpha value is -2.15. The van der Waals surface area contributed by atoms with Gasteiger partial charge in [0.2, 0.25) is 5.91 Å². The fourth-order valence-electron chi connectivity index (χ4n) is 10.7. The molecular formula is C70H129NO9. The summed E-state index contributed by atoms with van der Waals surface area (Å²) in [5.41, 5.74) is 0. The van der Waals surface area contributed by atoms with Crippen molar-refractivity contribution in [3.63, 3.8) is 0 Å². The van der Waals surface area contributed by atoms with Gasteiger partial charge in [0.05, 0.1) is 25.4 Å². The Morgan fingerprint density at radius 3 is 1.16 bits per heavy atom. The first-order valence-electron chi connectivity index (χ1n) is 34.1. The van der Waals surface area contributed by atoms with E-state index < -0.39 is 61.5 Å². The van der Waals surface area contributed by atoms with Gasteiger partial charge in [-0.25, -0.2) is 0 Å². The largest absolute Gasteiger partial charge is 0.394 e. The van der Waals surface area contributed by atoms with Crippen molar-refractivity contribution in [2.24, 2.45) is 0 Å². The average molecular weight is 1130 g/mol. The van der Waals surface area contributed by atoms with Gasteiger partial charge in [0, 0.05) is 0 Å². The molecule has 7 N–H and O–H groups in total. The Morgan fingerprint density at radius 2 is 0.775 bits per heavy atom. The summed E-state index contributed by atoms with van der Waals surface area (Å²) in [6.07, 6.45) is 70.8. The van der Waals surface area contributed by atoms with Crippen LogP contribution in [-0.2, 0) is 14.3 Å². The maximum Gasteiger partial charge on any atom is 0.249 e. The van der Waals surface area contributed by atoms with Gasteiger partial charge in [0.25, 0.3) is 0 Å². The molecule has 1 saturated heterocycles. The number of aliphatic hydroxyl groups excluding tert-OH is 6. The molecule has 0 radical (unpaired) electrons. The third-order valence-electron chi connectivity index (χ3n) is 16.2. The highest BCUT2D eigenvalue weighted by Gasteiger charge is 2.44. The summed E-state index contributed by atoms with van der Waals surface area (Å²) in [6, 6.07) is -1.01. The van der Waals surface area contributed by atoms with Crippen LogP contribution in [0.15, 0.2) is 60.8 Å². The third kappa shape index (κ3) is 46.3. The zero-order chi connectivity index (χ0) is 58.0. The zero-order valence-electron chi connectivity index (χ0n) is 51.9. The van der Waals surface area contributed by atoms with Crippen molar-refractivity contribution in [2.45, 2.75) is 365 Å². The lowest BCUT2D eigenvalue weighted by Crippen LogP contribution is -2.60. The zero-order valence-corrected chi connectivity index (χ0v) is 51.9. The van der Waals surface area contributed by atoms with Gasteiger partial charge in [0.1, 0.15) is 30.5 Å². The second kappa shape index (κ2) is 58.6. The number of aliphatic hydroxyl groups is 6. The number of allylic oxidation sites excluding steroid dienone is 9. The van der Waals surface area contributed by atoms with E-state index in [0.717, 1.165) is 51.4 Å². The number of carbonyl (C=O) groups is 1. The van der Waals surface area contributed by atoms with Crippen LogP contribution in [-0.4, -0.2) is 98.7 Å². The molecule has 1 rings (SSSR count). The Bertz CT molecular complexity index is 1460. The molecule has 0 aromatic heterocycles. The van der Waals surface area contributed by atoms with Gasteiger partial charge in [-0.3, -0.25) is 4.79 Å². The number of carbonyl (C=O) groups excluding carboxylic acids is 1. The van der Waals surface area contributed by atoms with Gasteiger partial charge in [0.15, 0.2) is 6.29 Å². The van der Waals surface area contributed by atoms with Crippen molar-refractivity contribution in [1.29, 1.82) is 0 Å². The fourth-order valence-corrected chi connectivity index (χ4v) is 10.7. The van der Waals surface area contributed by atoms with E-state index in [1.807, 2.05) is 6.08 Å². The third-order valence-corrected chi connectivity index (χ3v) is 16.2. The smallest absolute Gasteiger partial charge is 0.249 e. The van der Waals surface area contributed by atoms with E-state index in [1.165, 1.54) is 231 Å². The van der Waals surface area contributed by atoms with Gasteiger partial charge in [-0.1, -0.05) is 299 Å². The van der Waals surface area contributed by atoms with E-state index in [2.05, 4.69) is 67.8 Å². The standard InChI is InChI=1S/C70H129NO9/c1-3-5-7-9-11-13-15-17-19-21-22-23-24-25-26-27-28-29-30-31-32-33-34-35-36-37-38-39-40-41-43-45-47-49-51-53-55-57-59-64(74)69(78)71-62(61-79-70-68(77)67(76)66(75)65(60-72)80-70)63(73)58-56-54-52-50-48-46-44-42-20-18-16-14-12-10-8-6-4-2/h20,28-29,31-32,42,48,50,56,58,62-68,70,72-77H,3-19,21-27,30,33-41,43-47,49,51-55,57,59-61H2,1-2H3,(H,71,78)/b29-28-,32-31-,42-20+,50-48+,58-56+. The molecule has 0 aromatic rings. The van der Waals surface area contributed by atoms with Crippen LogP contribution < -0.4 is 5.32 Å². The molecule has 1 heterocycles. The lowest BCUT2D eigenvalue weighted by Gasteiger charge is -2.40. The van der Waals surface area contributed by atoms with E-state index in [-0.39, 0.29) is 6.61 Å². The van der Waals surface area contributed by atoms with Crippen molar-refractivity contribution in [1.82, 2.24) is 5.32 Å². The highest BCUT2D eigenvalue weighted by atomic mass is 16.7. The van der Waals surface area contributed by atoms with Crippen molar-refractivity contribution in [2.75, 3.05) is 13.2 Å². The van der Waals surface area contributed by atoms with Crippen LogP contribution in [0.3, 0.4) is 0 Å². The lowest BCUT2D eigenvalue weighted by atomic mass is 9.99. The molecule has 8 atom stereocenters. The first kappa shape index (κ1) is 75.9. The highest BCUT2D eigenvalue weighted by Crippen LogP contribution is 2.23. The molecule has 8 unspecified atom stereocenters. The van der Waals surface area contributed by atoms with Crippen molar-refractivity contribution < 1.29 is 44.9 Å². The number of hydrogen-bond acceptors (Lipinski definition) is 9. The van der Waals surface area contributed by atoms with Crippen LogP contribution in [0.5, 0.6) is 0 Å². The fraction of sp³-hybridized carbons (Fsp3) is 0.843. The van der Waals surface area contributed by atoms with Crippen molar-refractivity contribution in [3.8, 4) is 0 Å². The van der Waals surface area contributed by atoms with Crippen molar-refractivity contribution >= 4 is 5.91 Å². The molecule has 1 amide bonds. The van der Waals surface area contributed by atoms with Gasteiger partial charge in [-0.15, -0.1) is 0 Å². The van der Waals surface area contributed by atoms with Crippen LogP contribution in [0.4, 0.5) is 0 Å². The SMILES string of the molecule is CCCCCCCCC/C=C/CC/C=C/CC/C=C/C(O)C(COC1OC(CO)C(O)C(O)C1O)NC(=O)C(O)CCCCCCCCCCCCCCCCCC/C=C\C/C=C\CCCCCCCCCCCCCCCCC. The molecule has 0 spiro atoms. The average Bonchev–Trinajstić information content (AvgIpc) is 3.46. The number of rotatable bonds is 59. The van der Waals surface area contributed by atoms with E-state index in [9.17, 15) is 35.4 Å². The quantitative estimate of drug-likeness (QED) is 0.0232. The summed E-state index contributed by atoms with van der Waals surface area (Å²) in [5, 5.41) is 65.1. The molecule has 1 aliphatic heterocycles. The Balaban J connectivity index is 2.12. The lowest BCUT2D eigenvalue weighted by molar-refractivity contribution is -0.302. The van der Waals surface area contributed by atoms with E-state index in [0.29, 0.717) is 19.3 Å². The highest BCUT2D eigenvalue weighted by molar-refractivity contribution is 5.80. The van der Waals surface area contributed by atoms with Gasteiger partial charge >= 0.3 is 0 Å². The van der Waals surface area contributed by atoms with Crippen LogP contribution in [0, 0.1) is 0 Å². The minimum Gasteiger partial charge on any atom is -0.394 e. The van der Waals surface area contributed by atoms with Crippen LogP contribution in [0.2, 0.25) is 0 Å². The number of ether oxygens (including phenoxy) is 2. The summed E-state index contributed by atoms with van der Waals surface area (Å²) < 4.78 is 11.2. The van der Waals surface area contributed by atoms with E-state index >= 15 is 0 Å². The molecule has 0 aromatic carbocycles. The van der Waals surface area contributed by atoms with Crippen LogP contribution in [0.25, 0.3) is 0 Å². The Labute approximate surface area is 492 Å². The molecule has 10 nitrogen and oxygen atoms in total. The number of hydrogen-bond donors (Lipinski definition) is 7. The summed E-state index contributed by atoms with van der Waals surface area (Å²) >= 11 is 0. The molecule has 1 aliphatic rings. The van der Waals surface area contributed by atoms with Gasteiger partial charge in [-0.05, 0) is 77.0 Å². The number of unbranched alkanes of at least 4 members (excludes halogenated alkanes) is 40. The number of amides is 1. The normalized spacial score (nSPS) is 19.2. The summed E-state index contributed by atoms with van der Waals surface area (Å²) in [7, 11) is 0. The molecule has 0 bridgehead atoms. The van der Waals surface area contributed by atoms with Gasteiger partial charge < -0.3 is 45.4 Å². The number of nitrogens with one attached hydrogen (secondary N) is 1. The molecule has 80 heavy (non-hydrogen) atoms. The van der Waals surface area contributed by atoms with E-state index in [1.54, 1.807) is 6.08 Å². The first-order chi connectivity index (χ1) is 39.3. The monoisotopic (exact) mass is 1130 g/mol. The second-order valence-electron chi connectivity index (χ2n) is 23.7. The second-order valence-corrected chi connectivity index (χ2v) is 23.7. The van der Waals surface area contributed by atoms with Crippen LogP contribution in [0.1, 0.15) is 316 Å². The topological polar surface area (TPSA) is 169 Å². The first-order valence-corrected chi connectivity index (χ1v) is 34.1. The molecular weight excluding hydrogens is 999 g/mol.